The third-order valence-corrected chi connectivity index (χ3v) is 5.50. The molecule has 1 aliphatic rings. The van der Waals surface area contributed by atoms with Crippen LogP contribution in [0.4, 0.5) is 0 Å². The largest absolute Gasteiger partial charge is 0.480 e. The van der Waals surface area contributed by atoms with Crippen molar-refractivity contribution in [2.45, 2.75) is 43.9 Å². The molecule has 110 valence electrons. The van der Waals surface area contributed by atoms with Gasteiger partial charge in [0.2, 0.25) is 10.0 Å². The molecule has 0 heterocycles. The van der Waals surface area contributed by atoms with Crippen LogP contribution < -0.4 is 0 Å². The average Bonchev–Trinajstić information content (AvgIpc) is 2.87. The Labute approximate surface area is 112 Å². The molecule has 8 heteroatoms. The topological polar surface area (TPSA) is 101 Å². The van der Waals surface area contributed by atoms with E-state index in [1.54, 1.807) is 0 Å². The third kappa shape index (κ3) is 3.66. The molecule has 0 aliphatic heterocycles. The highest BCUT2D eigenvalue weighted by Gasteiger charge is 2.40. The molecule has 1 saturated carbocycles. The van der Waals surface area contributed by atoms with Gasteiger partial charge in [0.05, 0.1) is 7.11 Å². The van der Waals surface area contributed by atoms with Gasteiger partial charge in [-0.2, -0.15) is 4.31 Å². The summed E-state index contributed by atoms with van der Waals surface area (Å²) in [5.41, 5.74) is 0. The number of nitrogens with zero attached hydrogens (tertiary/aromatic N) is 1. The van der Waals surface area contributed by atoms with E-state index in [1.165, 1.54) is 6.92 Å². The Morgan fingerprint density at radius 3 is 2.32 bits per heavy atom. The monoisotopic (exact) mass is 293 g/mol. The van der Waals surface area contributed by atoms with Crippen LogP contribution in [-0.4, -0.2) is 54.7 Å². The van der Waals surface area contributed by atoms with Gasteiger partial charge in [0, 0.05) is 6.04 Å². The summed E-state index contributed by atoms with van der Waals surface area (Å²) in [6, 6.07) is -0.340. The number of aliphatic carboxylic acids is 1. The maximum absolute atomic E-state index is 12.3. The highest BCUT2D eigenvalue weighted by atomic mass is 32.2. The van der Waals surface area contributed by atoms with E-state index in [4.69, 9.17) is 5.11 Å². The first-order valence-corrected chi connectivity index (χ1v) is 7.61. The third-order valence-electron chi connectivity index (χ3n) is 3.33. The summed E-state index contributed by atoms with van der Waals surface area (Å²) < 4.78 is 30.0. The number of carbonyl (C=O) groups is 2. The van der Waals surface area contributed by atoms with E-state index >= 15 is 0 Å². The Morgan fingerprint density at radius 2 is 1.89 bits per heavy atom. The van der Waals surface area contributed by atoms with E-state index < -0.39 is 33.8 Å². The van der Waals surface area contributed by atoms with Crippen molar-refractivity contribution < 1.29 is 27.9 Å². The number of hydrogen-bond acceptors (Lipinski definition) is 5. The zero-order chi connectivity index (χ0) is 14.6. The van der Waals surface area contributed by atoms with Crippen LogP contribution >= 0.6 is 0 Å². The van der Waals surface area contributed by atoms with Crippen molar-refractivity contribution >= 4 is 22.0 Å². The molecule has 1 unspecified atom stereocenters. The molecular formula is C11H19NO6S. The first kappa shape index (κ1) is 15.9. The minimum atomic E-state index is -4.01. The lowest BCUT2D eigenvalue weighted by molar-refractivity contribution is -0.140. The van der Waals surface area contributed by atoms with Crippen LogP contribution in [0.3, 0.4) is 0 Å². The first-order chi connectivity index (χ1) is 8.80. The number of hydrogen-bond donors (Lipinski definition) is 1. The standard InChI is InChI=1S/C11H19NO6S/c1-8(11(15)18-2)19(16,17)12(7-10(13)14)9-5-3-4-6-9/h8-9H,3-7H2,1-2H3,(H,13,14). The van der Waals surface area contributed by atoms with E-state index in [2.05, 4.69) is 4.74 Å². The molecule has 0 radical (unpaired) electrons. The molecule has 1 atom stereocenters. The number of ether oxygens (including phenoxy) is 1. The molecular weight excluding hydrogens is 274 g/mol. The van der Waals surface area contributed by atoms with Gasteiger partial charge < -0.3 is 9.84 Å². The number of methoxy groups -OCH3 is 1. The molecule has 0 aromatic rings. The maximum Gasteiger partial charge on any atom is 0.325 e. The molecule has 0 aromatic heterocycles. The van der Waals surface area contributed by atoms with Gasteiger partial charge in [-0.3, -0.25) is 9.59 Å². The molecule has 19 heavy (non-hydrogen) atoms. The van der Waals surface area contributed by atoms with Gasteiger partial charge in [-0.05, 0) is 19.8 Å². The second-order valence-electron chi connectivity index (χ2n) is 4.59. The Morgan fingerprint density at radius 1 is 1.37 bits per heavy atom. The summed E-state index contributed by atoms with van der Waals surface area (Å²) in [6.45, 7) is 0.597. The van der Waals surface area contributed by atoms with Crippen molar-refractivity contribution in [1.82, 2.24) is 4.31 Å². The summed E-state index contributed by atoms with van der Waals surface area (Å²) in [6.07, 6.45) is 2.98. The molecule has 1 rings (SSSR count). The zero-order valence-corrected chi connectivity index (χ0v) is 11.9. The van der Waals surface area contributed by atoms with Crippen molar-refractivity contribution in [3.8, 4) is 0 Å². The molecule has 1 aliphatic carbocycles. The number of esters is 1. The molecule has 1 fully saturated rings. The lowest BCUT2D eigenvalue weighted by Gasteiger charge is -2.28. The Balaban J connectivity index is 3.01. The molecule has 0 saturated heterocycles. The van der Waals surface area contributed by atoms with Gasteiger partial charge in [0.15, 0.2) is 5.25 Å². The van der Waals surface area contributed by atoms with Gasteiger partial charge in [0.25, 0.3) is 0 Å². The van der Waals surface area contributed by atoms with Gasteiger partial charge in [-0.1, -0.05) is 12.8 Å². The fourth-order valence-electron chi connectivity index (χ4n) is 2.24. The van der Waals surface area contributed by atoms with Crippen LogP contribution in [0.2, 0.25) is 0 Å². The van der Waals surface area contributed by atoms with Gasteiger partial charge in [-0.25, -0.2) is 8.42 Å². The smallest absolute Gasteiger partial charge is 0.325 e. The minimum Gasteiger partial charge on any atom is -0.480 e. The molecule has 0 aromatic carbocycles. The summed E-state index contributed by atoms with van der Waals surface area (Å²) in [7, 11) is -2.91. The highest BCUT2D eigenvalue weighted by Crippen LogP contribution is 2.27. The predicted octanol–water partition coefficient (Wildman–Crippen LogP) is 0.207. The van der Waals surface area contributed by atoms with E-state index in [0.717, 1.165) is 24.3 Å². The number of carboxylic acids is 1. The van der Waals surface area contributed by atoms with Crippen molar-refractivity contribution in [3.63, 3.8) is 0 Å². The van der Waals surface area contributed by atoms with Crippen molar-refractivity contribution in [2.24, 2.45) is 0 Å². The Kier molecular flexibility index (Phi) is 5.30. The number of carbonyl (C=O) groups excluding carboxylic acids is 1. The first-order valence-electron chi connectivity index (χ1n) is 6.11. The number of rotatable bonds is 6. The summed E-state index contributed by atoms with van der Waals surface area (Å²) in [5.74, 6) is -2.11. The van der Waals surface area contributed by atoms with Gasteiger partial charge in [-0.15, -0.1) is 0 Å². The lowest BCUT2D eigenvalue weighted by Crippen LogP contribution is -2.48. The normalized spacial score (nSPS) is 18.5. The second-order valence-corrected chi connectivity index (χ2v) is 6.79. The zero-order valence-electron chi connectivity index (χ0n) is 11.0. The van der Waals surface area contributed by atoms with Crippen molar-refractivity contribution in [1.29, 1.82) is 0 Å². The van der Waals surface area contributed by atoms with Gasteiger partial charge in [0.1, 0.15) is 6.54 Å². The Bertz CT molecular complexity index is 440. The van der Waals surface area contributed by atoms with Crippen LogP contribution in [0.5, 0.6) is 0 Å². The average molecular weight is 293 g/mol. The second kappa shape index (κ2) is 6.33. The highest BCUT2D eigenvalue weighted by molar-refractivity contribution is 7.90. The quantitative estimate of drug-likeness (QED) is 0.702. The molecule has 7 nitrogen and oxygen atoms in total. The fourth-order valence-corrected chi connectivity index (χ4v) is 3.91. The minimum absolute atomic E-state index is 0.340. The summed E-state index contributed by atoms with van der Waals surface area (Å²) in [5, 5.41) is 7.47. The van der Waals surface area contributed by atoms with Crippen LogP contribution in [0, 0.1) is 0 Å². The summed E-state index contributed by atoms with van der Waals surface area (Å²) >= 11 is 0. The molecule has 1 N–H and O–H groups in total. The molecule has 0 bridgehead atoms. The Hall–Kier alpha value is -1.15. The summed E-state index contributed by atoms with van der Waals surface area (Å²) in [4.78, 5) is 22.2. The van der Waals surface area contributed by atoms with Crippen LogP contribution in [-0.2, 0) is 24.3 Å². The van der Waals surface area contributed by atoms with E-state index in [-0.39, 0.29) is 6.04 Å². The lowest BCUT2D eigenvalue weighted by atomic mass is 10.2. The van der Waals surface area contributed by atoms with Crippen molar-refractivity contribution in [2.75, 3.05) is 13.7 Å². The van der Waals surface area contributed by atoms with E-state index in [0.29, 0.717) is 12.8 Å². The van der Waals surface area contributed by atoms with Crippen LogP contribution in [0.1, 0.15) is 32.6 Å². The van der Waals surface area contributed by atoms with E-state index in [9.17, 15) is 18.0 Å². The molecule has 0 amide bonds. The van der Waals surface area contributed by atoms with Crippen molar-refractivity contribution in [3.05, 3.63) is 0 Å². The number of carboxylic acid groups (broad SMARTS) is 1. The van der Waals surface area contributed by atoms with Crippen LogP contribution in [0.25, 0.3) is 0 Å². The SMILES string of the molecule is COC(=O)C(C)S(=O)(=O)N(CC(=O)O)C1CCCC1. The molecule has 0 spiro atoms. The van der Waals surface area contributed by atoms with Gasteiger partial charge >= 0.3 is 11.9 Å². The van der Waals surface area contributed by atoms with E-state index in [1.807, 2.05) is 0 Å². The maximum atomic E-state index is 12.3. The fraction of sp³-hybridized carbons (Fsp3) is 0.818. The van der Waals surface area contributed by atoms with Crippen LogP contribution in [0.15, 0.2) is 0 Å². The predicted molar refractivity (Wildman–Crippen MR) is 67.0 cm³/mol. The number of sulfonamides is 1.